The summed E-state index contributed by atoms with van der Waals surface area (Å²) in [5.41, 5.74) is 0. The van der Waals surface area contributed by atoms with Crippen molar-refractivity contribution in [3.05, 3.63) is 0 Å². The van der Waals surface area contributed by atoms with Gasteiger partial charge >= 0.3 is 0 Å². The predicted octanol–water partition coefficient (Wildman–Crippen LogP) is 2.69. The second kappa shape index (κ2) is 8.76. The molecule has 1 aliphatic rings. The molecule has 0 aliphatic carbocycles. The lowest BCUT2D eigenvalue weighted by molar-refractivity contribution is -0.133. The van der Waals surface area contributed by atoms with Crippen LogP contribution in [0.5, 0.6) is 0 Å². The van der Waals surface area contributed by atoms with Gasteiger partial charge in [0, 0.05) is 19.5 Å². The van der Waals surface area contributed by atoms with Crippen LogP contribution in [0, 0.1) is 11.8 Å². The van der Waals surface area contributed by atoms with Crippen LogP contribution in [0.15, 0.2) is 0 Å². The fourth-order valence-electron chi connectivity index (χ4n) is 2.62. The maximum Gasteiger partial charge on any atom is 0.222 e. The van der Waals surface area contributed by atoms with E-state index < -0.39 is 0 Å². The van der Waals surface area contributed by atoms with Gasteiger partial charge in [0.15, 0.2) is 0 Å². The maximum atomic E-state index is 12.2. The third kappa shape index (κ3) is 5.15. The van der Waals surface area contributed by atoms with E-state index in [4.69, 9.17) is 0 Å². The molecule has 1 saturated heterocycles. The Kier molecular flexibility index (Phi) is 8.62. The molecule has 0 aromatic rings. The summed E-state index contributed by atoms with van der Waals surface area (Å²) in [7, 11) is 1.98. The van der Waals surface area contributed by atoms with Crippen molar-refractivity contribution < 1.29 is 4.79 Å². The molecule has 0 aromatic heterocycles. The maximum absolute atomic E-state index is 12.2. The van der Waals surface area contributed by atoms with Gasteiger partial charge in [-0.3, -0.25) is 4.79 Å². The van der Waals surface area contributed by atoms with E-state index in [0.29, 0.717) is 30.2 Å². The van der Waals surface area contributed by atoms with Crippen molar-refractivity contribution in [2.24, 2.45) is 11.8 Å². The Labute approximate surface area is 118 Å². The summed E-state index contributed by atoms with van der Waals surface area (Å²) in [4.78, 5) is 14.2. The number of hydrogen-bond acceptors (Lipinski definition) is 2. The number of carbonyl (C=O) groups is 1. The van der Waals surface area contributed by atoms with Crippen LogP contribution >= 0.6 is 12.4 Å². The second-order valence-corrected chi connectivity index (χ2v) is 5.60. The second-order valence-electron chi connectivity index (χ2n) is 5.60. The highest BCUT2D eigenvalue weighted by molar-refractivity contribution is 5.85. The summed E-state index contributed by atoms with van der Waals surface area (Å²) in [6.07, 6.45) is 4.01. The Bertz CT molecular complexity index is 240. The Morgan fingerprint density at radius 3 is 2.33 bits per heavy atom. The Balaban J connectivity index is 0.00000289. The molecule has 0 saturated carbocycles. The standard InChI is InChI=1S/C14H28N2O.ClH/c1-5-12(11(2)3)10-14(17)16(4)13-6-8-15-9-7-13;/h11-13,15H,5-10H2,1-4H3;1H. The first-order valence-electron chi connectivity index (χ1n) is 7.02. The largest absolute Gasteiger partial charge is 0.343 e. The number of nitrogens with one attached hydrogen (secondary N) is 1. The zero-order valence-corrected chi connectivity index (χ0v) is 13.1. The fraction of sp³-hybridized carbons (Fsp3) is 0.929. The molecule has 1 rings (SSSR count). The van der Waals surface area contributed by atoms with Crippen LogP contribution in [0.1, 0.15) is 46.5 Å². The molecule has 1 unspecified atom stereocenters. The van der Waals surface area contributed by atoms with E-state index in [2.05, 4.69) is 26.1 Å². The summed E-state index contributed by atoms with van der Waals surface area (Å²) >= 11 is 0. The molecule has 1 atom stereocenters. The van der Waals surface area contributed by atoms with Crippen LogP contribution in [0.2, 0.25) is 0 Å². The first-order chi connectivity index (χ1) is 8.06. The zero-order chi connectivity index (χ0) is 12.8. The van der Waals surface area contributed by atoms with Gasteiger partial charge in [0.05, 0.1) is 0 Å². The molecule has 18 heavy (non-hydrogen) atoms. The normalized spacial score (nSPS) is 18.3. The number of amides is 1. The highest BCUT2D eigenvalue weighted by Gasteiger charge is 2.24. The van der Waals surface area contributed by atoms with E-state index in [1.807, 2.05) is 11.9 Å². The average Bonchev–Trinajstić information content (AvgIpc) is 2.35. The summed E-state index contributed by atoms with van der Waals surface area (Å²) in [5, 5.41) is 3.34. The Hall–Kier alpha value is -0.280. The minimum absolute atomic E-state index is 0. The summed E-state index contributed by atoms with van der Waals surface area (Å²) in [5.74, 6) is 1.47. The van der Waals surface area contributed by atoms with Gasteiger partial charge in [-0.1, -0.05) is 27.2 Å². The van der Waals surface area contributed by atoms with Gasteiger partial charge in [-0.2, -0.15) is 0 Å². The lowest BCUT2D eigenvalue weighted by Crippen LogP contribution is -2.44. The molecule has 1 N–H and O–H groups in total. The van der Waals surface area contributed by atoms with Crippen LogP contribution in [-0.2, 0) is 4.79 Å². The molecular weight excluding hydrogens is 248 g/mol. The van der Waals surface area contributed by atoms with Gasteiger partial charge in [0.2, 0.25) is 5.91 Å². The van der Waals surface area contributed by atoms with Crippen LogP contribution in [0.25, 0.3) is 0 Å². The SMILES string of the molecule is CCC(CC(=O)N(C)C1CCNCC1)C(C)C.Cl. The van der Waals surface area contributed by atoms with Crippen molar-refractivity contribution in [2.75, 3.05) is 20.1 Å². The molecule has 1 heterocycles. The molecule has 1 aliphatic heterocycles. The monoisotopic (exact) mass is 276 g/mol. The van der Waals surface area contributed by atoms with Gasteiger partial charge < -0.3 is 10.2 Å². The van der Waals surface area contributed by atoms with E-state index >= 15 is 0 Å². The lowest BCUT2D eigenvalue weighted by atomic mass is 9.89. The van der Waals surface area contributed by atoms with E-state index in [-0.39, 0.29) is 12.4 Å². The van der Waals surface area contributed by atoms with Crippen molar-refractivity contribution in [1.82, 2.24) is 10.2 Å². The molecule has 3 nitrogen and oxygen atoms in total. The molecule has 0 radical (unpaired) electrons. The van der Waals surface area contributed by atoms with Gasteiger partial charge in [0.25, 0.3) is 0 Å². The van der Waals surface area contributed by atoms with Gasteiger partial charge in [-0.15, -0.1) is 12.4 Å². The number of hydrogen-bond donors (Lipinski definition) is 1. The van der Waals surface area contributed by atoms with Gasteiger partial charge in [-0.25, -0.2) is 0 Å². The van der Waals surface area contributed by atoms with Crippen LogP contribution < -0.4 is 5.32 Å². The van der Waals surface area contributed by atoms with Crippen LogP contribution in [0.4, 0.5) is 0 Å². The van der Waals surface area contributed by atoms with Crippen LogP contribution in [0.3, 0.4) is 0 Å². The molecule has 1 amide bonds. The minimum atomic E-state index is 0. The van der Waals surface area contributed by atoms with E-state index in [9.17, 15) is 4.79 Å². The summed E-state index contributed by atoms with van der Waals surface area (Å²) in [6.45, 7) is 8.70. The molecule has 4 heteroatoms. The van der Waals surface area contributed by atoms with E-state index in [0.717, 1.165) is 32.4 Å². The molecule has 0 spiro atoms. The highest BCUT2D eigenvalue weighted by Crippen LogP contribution is 2.21. The van der Waals surface area contributed by atoms with Crippen molar-refractivity contribution in [3.8, 4) is 0 Å². The third-order valence-electron chi connectivity index (χ3n) is 4.15. The first kappa shape index (κ1) is 17.7. The Morgan fingerprint density at radius 1 is 1.33 bits per heavy atom. The number of nitrogens with zero attached hydrogens (tertiary/aromatic N) is 1. The molecule has 1 fully saturated rings. The molecule has 108 valence electrons. The molecule has 0 bridgehead atoms. The average molecular weight is 277 g/mol. The topological polar surface area (TPSA) is 32.3 Å². The van der Waals surface area contributed by atoms with Gasteiger partial charge in [-0.05, 0) is 37.8 Å². The van der Waals surface area contributed by atoms with Crippen molar-refractivity contribution >= 4 is 18.3 Å². The minimum Gasteiger partial charge on any atom is -0.343 e. The van der Waals surface area contributed by atoms with Crippen LogP contribution in [-0.4, -0.2) is 37.0 Å². The Morgan fingerprint density at radius 2 is 1.89 bits per heavy atom. The zero-order valence-electron chi connectivity index (χ0n) is 12.2. The number of carbonyl (C=O) groups excluding carboxylic acids is 1. The highest BCUT2D eigenvalue weighted by atomic mass is 35.5. The quantitative estimate of drug-likeness (QED) is 0.837. The lowest BCUT2D eigenvalue weighted by Gasteiger charge is -2.33. The van der Waals surface area contributed by atoms with Crippen molar-refractivity contribution in [2.45, 2.75) is 52.5 Å². The van der Waals surface area contributed by atoms with Crippen molar-refractivity contribution in [1.29, 1.82) is 0 Å². The van der Waals surface area contributed by atoms with E-state index in [1.54, 1.807) is 0 Å². The summed E-state index contributed by atoms with van der Waals surface area (Å²) in [6, 6.07) is 0.452. The number of halogens is 1. The third-order valence-corrected chi connectivity index (χ3v) is 4.15. The summed E-state index contributed by atoms with van der Waals surface area (Å²) < 4.78 is 0. The smallest absolute Gasteiger partial charge is 0.222 e. The van der Waals surface area contributed by atoms with Gasteiger partial charge in [0.1, 0.15) is 0 Å². The van der Waals surface area contributed by atoms with Crippen molar-refractivity contribution in [3.63, 3.8) is 0 Å². The predicted molar refractivity (Wildman–Crippen MR) is 79.1 cm³/mol. The van der Waals surface area contributed by atoms with E-state index in [1.165, 1.54) is 0 Å². The first-order valence-corrected chi connectivity index (χ1v) is 7.02. The molecular formula is C14H29ClN2O. The number of piperidine rings is 1. The fourth-order valence-corrected chi connectivity index (χ4v) is 2.62. The molecule has 0 aromatic carbocycles. The number of rotatable bonds is 5.